The maximum absolute atomic E-state index is 13.1. The molecule has 0 radical (unpaired) electrons. The van der Waals surface area contributed by atoms with E-state index in [-0.39, 0.29) is 31.2 Å². The van der Waals surface area contributed by atoms with Gasteiger partial charge in [-0.15, -0.1) is 0 Å². The molecular weight excluding hydrogens is 504 g/mol. The molecule has 0 saturated heterocycles. The molecule has 0 fully saturated rings. The van der Waals surface area contributed by atoms with Crippen molar-refractivity contribution < 1.29 is 33.0 Å². The molecule has 1 N–H and O–H groups in total. The number of nitrogens with zero attached hydrogens (tertiary/aromatic N) is 1. The van der Waals surface area contributed by atoms with E-state index in [1.807, 2.05) is 31.2 Å². The van der Waals surface area contributed by atoms with Crippen molar-refractivity contribution in [2.45, 2.75) is 19.4 Å². The van der Waals surface area contributed by atoms with Crippen molar-refractivity contribution in [2.24, 2.45) is 5.16 Å². The second-order valence-corrected chi connectivity index (χ2v) is 8.69. The average Bonchev–Trinajstić information content (AvgIpc) is 2.95. The van der Waals surface area contributed by atoms with Gasteiger partial charge in [0.2, 0.25) is 0 Å². The minimum absolute atomic E-state index is 0.134. The molecule has 4 aromatic rings. The predicted octanol–water partition coefficient (Wildman–Crippen LogP) is 6.53. The molecular formula is C31H27F2NO5. The summed E-state index contributed by atoms with van der Waals surface area (Å²) >= 11 is 0. The van der Waals surface area contributed by atoms with Crippen molar-refractivity contribution in [3.8, 4) is 22.6 Å². The Hall–Kier alpha value is -4.72. The zero-order valence-electron chi connectivity index (χ0n) is 21.2. The summed E-state index contributed by atoms with van der Waals surface area (Å²) in [6.45, 7) is 2.35. The van der Waals surface area contributed by atoms with Gasteiger partial charge in [-0.3, -0.25) is 0 Å². The summed E-state index contributed by atoms with van der Waals surface area (Å²) in [6.07, 6.45) is -0.981. The van der Waals surface area contributed by atoms with Crippen LogP contribution in [0.25, 0.3) is 11.1 Å². The largest absolute Gasteiger partial charge is 0.490 e. The molecule has 0 amide bonds. The van der Waals surface area contributed by atoms with Gasteiger partial charge in [0, 0.05) is 6.42 Å². The van der Waals surface area contributed by atoms with Crippen LogP contribution in [0.1, 0.15) is 18.1 Å². The molecule has 0 spiro atoms. The molecule has 0 heterocycles. The van der Waals surface area contributed by atoms with Crippen molar-refractivity contribution in [3.63, 3.8) is 0 Å². The number of rotatable bonds is 12. The first kappa shape index (κ1) is 27.3. The second-order valence-electron chi connectivity index (χ2n) is 8.69. The zero-order valence-corrected chi connectivity index (χ0v) is 21.2. The molecule has 0 saturated carbocycles. The van der Waals surface area contributed by atoms with Crippen molar-refractivity contribution in [3.05, 3.63) is 120 Å². The molecule has 0 aromatic heterocycles. The number of aliphatic carboxylic acids is 1. The van der Waals surface area contributed by atoms with E-state index in [1.54, 1.807) is 36.4 Å². The monoisotopic (exact) mass is 531 g/mol. The predicted molar refractivity (Wildman–Crippen MR) is 144 cm³/mol. The lowest BCUT2D eigenvalue weighted by Crippen LogP contribution is -2.29. The first-order valence-electron chi connectivity index (χ1n) is 12.3. The molecule has 1 atom stereocenters. The molecule has 1 unspecified atom stereocenters. The van der Waals surface area contributed by atoms with Crippen molar-refractivity contribution in [1.82, 2.24) is 0 Å². The molecule has 8 heteroatoms. The van der Waals surface area contributed by atoms with E-state index in [4.69, 9.17) is 14.3 Å². The molecule has 0 aliphatic carbocycles. The summed E-state index contributed by atoms with van der Waals surface area (Å²) in [6, 6.07) is 26.3. The van der Waals surface area contributed by atoms with Crippen LogP contribution in [0, 0.1) is 11.6 Å². The SMILES string of the molecule is C/C(=N\OCCOc1ccc(CC(Oc2ccc(F)cc2)C(=O)O)cc1)c1ccc(-c2ccc(F)cc2)cc1. The molecule has 0 bridgehead atoms. The molecule has 4 rings (SSSR count). The summed E-state index contributed by atoms with van der Waals surface area (Å²) in [5.74, 6) is -0.923. The van der Waals surface area contributed by atoms with E-state index in [2.05, 4.69) is 5.16 Å². The number of halogens is 2. The van der Waals surface area contributed by atoms with Gasteiger partial charge in [0.15, 0.2) is 12.7 Å². The maximum atomic E-state index is 13.1. The summed E-state index contributed by atoms with van der Waals surface area (Å²) in [5, 5.41) is 13.6. The number of carboxylic acid groups (broad SMARTS) is 1. The third-order valence-corrected chi connectivity index (χ3v) is 5.84. The minimum atomic E-state index is -1.11. The van der Waals surface area contributed by atoms with Gasteiger partial charge in [-0.1, -0.05) is 53.7 Å². The molecule has 4 aromatic carbocycles. The lowest BCUT2D eigenvalue weighted by atomic mass is 10.0. The fraction of sp³-hybridized carbons (Fsp3) is 0.161. The van der Waals surface area contributed by atoms with Crippen LogP contribution in [-0.4, -0.2) is 36.1 Å². The maximum Gasteiger partial charge on any atom is 0.345 e. The van der Waals surface area contributed by atoms with E-state index < -0.39 is 17.9 Å². The Morgan fingerprint density at radius 3 is 1.90 bits per heavy atom. The van der Waals surface area contributed by atoms with Crippen LogP contribution in [-0.2, 0) is 16.1 Å². The Labute approximate surface area is 225 Å². The molecule has 0 aliphatic heterocycles. The van der Waals surface area contributed by atoms with E-state index in [0.717, 1.165) is 22.3 Å². The lowest BCUT2D eigenvalue weighted by molar-refractivity contribution is -0.145. The van der Waals surface area contributed by atoms with Crippen LogP contribution in [0.4, 0.5) is 8.78 Å². The number of benzene rings is 4. The summed E-state index contributed by atoms with van der Waals surface area (Å²) in [5.41, 5.74) is 4.27. The van der Waals surface area contributed by atoms with Gasteiger partial charge < -0.3 is 19.4 Å². The highest BCUT2D eigenvalue weighted by atomic mass is 19.1. The van der Waals surface area contributed by atoms with E-state index in [1.165, 1.54) is 36.4 Å². The van der Waals surface area contributed by atoms with Crippen LogP contribution in [0.15, 0.2) is 102 Å². The van der Waals surface area contributed by atoms with Gasteiger partial charge in [-0.2, -0.15) is 0 Å². The molecule has 6 nitrogen and oxygen atoms in total. The van der Waals surface area contributed by atoms with Gasteiger partial charge in [-0.05, 0) is 77.7 Å². The standard InChI is InChI=1S/C31H27F2NO5/c1-21(23-4-6-24(7-5-23)25-8-10-26(32)11-9-25)34-38-19-18-37-28-14-2-22(3-15-28)20-30(31(35)36)39-29-16-12-27(33)13-17-29/h2-17,30H,18-20H2,1H3,(H,35,36)/b34-21+. The Balaban J connectivity index is 1.22. The second kappa shape index (κ2) is 13.2. The van der Waals surface area contributed by atoms with E-state index in [9.17, 15) is 18.7 Å². The smallest absolute Gasteiger partial charge is 0.345 e. The quantitative estimate of drug-likeness (QED) is 0.128. The highest BCUT2D eigenvalue weighted by Crippen LogP contribution is 2.21. The van der Waals surface area contributed by atoms with Gasteiger partial charge in [0.25, 0.3) is 0 Å². The Kier molecular flexibility index (Phi) is 9.24. The fourth-order valence-electron chi connectivity index (χ4n) is 3.73. The molecule has 0 aliphatic rings. The number of carbonyl (C=O) groups is 1. The van der Waals surface area contributed by atoms with E-state index >= 15 is 0 Å². The Morgan fingerprint density at radius 1 is 0.769 bits per heavy atom. The van der Waals surface area contributed by atoms with Crippen LogP contribution in [0.3, 0.4) is 0 Å². The van der Waals surface area contributed by atoms with Gasteiger partial charge in [0.05, 0.1) is 5.71 Å². The van der Waals surface area contributed by atoms with Crippen molar-refractivity contribution >= 4 is 11.7 Å². The topological polar surface area (TPSA) is 77.3 Å². The fourth-order valence-corrected chi connectivity index (χ4v) is 3.73. The van der Waals surface area contributed by atoms with Crippen LogP contribution >= 0.6 is 0 Å². The number of ether oxygens (including phenoxy) is 2. The third-order valence-electron chi connectivity index (χ3n) is 5.84. The lowest BCUT2D eigenvalue weighted by Gasteiger charge is -2.15. The first-order valence-corrected chi connectivity index (χ1v) is 12.3. The Morgan fingerprint density at radius 2 is 1.31 bits per heavy atom. The number of hydrogen-bond acceptors (Lipinski definition) is 5. The first-order chi connectivity index (χ1) is 18.9. The van der Waals surface area contributed by atoms with Crippen molar-refractivity contribution in [2.75, 3.05) is 13.2 Å². The highest BCUT2D eigenvalue weighted by molar-refractivity contribution is 5.98. The summed E-state index contributed by atoms with van der Waals surface area (Å²) in [7, 11) is 0. The Bertz CT molecular complexity index is 1390. The van der Waals surface area contributed by atoms with Crippen LogP contribution in [0.5, 0.6) is 11.5 Å². The molecule has 200 valence electrons. The number of oxime groups is 1. The summed E-state index contributed by atoms with van der Waals surface area (Å²) in [4.78, 5) is 17.0. The van der Waals surface area contributed by atoms with Gasteiger partial charge >= 0.3 is 5.97 Å². The van der Waals surface area contributed by atoms with Gasteiger partial charge in [-0.25, -0.2) is 13.6 Å². The highest BCUT2D eigenvalue weighted by Gasteiger charge is 2.20. The zero-order chi connectivity index (χ0) is 27.6. The van der Waals surface area contributed by atoms with Gasteiger partial charge in [0.1, 0.15) is 29.7 Å². The number of hydrogen-bond donors (Lipinski definition) is 1. The minimum Gasteiger partial charge on any atom is -0.490 e. The molecule has 39 heavy (non-hydrogen) atoms. The average molecular weight is 532 g/mol. The summed E-state index contributed by atoms with van der Waals surface area (Å²) < 4.78 is 37.4. The van der Waals surface area contributed by atoms with E-state index in [0.29, 0.717) is 11.5 Å². The van der Waals surface area contributed by atoms with Crippen LogP contribution in [0.2, 0.25) is 0 Å². The van der Waals surface area contributed by atoms with Crippen LogP contribution < -0.4 is 9.47 Å². The number of carboxylic acids is 1. The normalized spacial score (nSPS) is 12.0. The third kappa shape index (κ3) is 8.13. The van der Waals surface area contributed by atoms with Crippen molar-refractivity contribution in [1.29, 1.82) is 0 Å².